The minimum atomic E-state index is -1.85. The van der Waals surface area contributed by atoms with Crippen molar-refractivity contribution in [3.63, 3.8) is 0 Å². The molecule has 0 radical (unpaired) electrons. The summed E-state index contributed by atoms with van der Waals surface area (Å²) in [6, 6.07) is 19.2. The summed E-state index contributed by atoms with van der Waals surface area (Å²) >= 11 is 0. The first-order chi connectivity index (χ1) is 20.4. The average molecular weight is 583 g/mol. The summed E-state index contributed by atoms with van der Waals surface area (Å²) in [4.78, 5) is 68.0. The van der Waals surface area contributed by atoms with Gasteiger partial charge in [0.25, 0.3) is 5.91 Å². The zero-order valence-corrected chi connectivity index (χ0v) is 23.8. The van der Waals surface area contributed by atoms with Crippen molar-refractivity contribution in [1.29, 1.82) is 0 Å². The number of amides is 3. The Balaban J connectivity index is 1.67. The first kappa shape index (κ1) is 29.2. The molecule has 4 N–H and O–H groups in total. The number of para-hydroxylation sites is 2. The Morgan fingerprint density at radius 3 is 2.26 bits per heavy atom. The van der Waals surface area contributed by atoms with Gasteiger partial charge in [0.05, 0.1) is 30.9 Å². The molecule has 0 fully saturated rings. The monoisotopic (exact) mass is 582 g/mol. The molecule has 3 aromatic carbocycles. The number of methoxy groups -OCH3 is 1. The van der Waals surface area contributed by atoms with Crippen molar-refractivity contribution < 1.29 is 28.3 Å². The first-order valence-electron chi connectivity index (χ1n) is 13.4. The maximum absolute atomic E-state index is 14.4. The molecule has 3 amide bonds. The second-order valence-corrected chi connectivity index (χ2v) is 10.6. The normalized spacial score (nSPS) is 16.3. The fourth-order valence-corrected chi connectivity index (χ4v) is 5.20. The van der Waals surface area contributed by atoms with Crippen LogP contribution in [0.25, 0.3) is 11.0 Å². The third kappa shape index (κ3) is 5.38. The molecule has 11 heteroatoms. The van der Waals surface area contributed by atoms with Crippen LogP contribution in [0.4, 0.5) is 11.4 Å². The topological polar surface area (TPSA) is 166 Å². The molecular formula is C32H30N4O7. The van der Waals surface area contributed by atoms with Crippen molar-refractivity contribution >= 4 is 45.8 Å². The highest BCUT2D eigenvalue weighted by atomic mass is 16.5. The summed E-state index contributed by atoms with van der Waals surface area (Å²) in [5.74, 6) is -2.89. The van der Waals surface area contributed by atoms with E-state index in [1.807, 2.05) is 0 Å². The average Bonchev–Trinajstić information content (AvgIpc) is 3.11. The Morgan fingerprint density at radius 2 is 1.63 bits per heavy atom. The fraction of sp³-hybridized carbons (Fsp3) is 0.219. The van der Waals surface area contributed by atoms with Crippen LogP contribution < -0.4 is 31.6 Å². The summed E-state index contributed by atoms with van der Waals surface area (Å²) in [6.07, 6.45) is 0. The van der Waals surface area contributed by atoms with Gasteiger partial charge in [0.1, 0.15) is 16.9 Å². The summed E-state index contributed by atoms with van der Waals surface area (Å²) < 4.78 is 10.6. The Hall–Kier alpha value is -5.29. The fourth-order valence-electron chi connectivity index (χ4n) is 5.20. The number of hydrogen-bond acceptors (Lipinski definition) is 8. The van der Waals surface area contributed by atoms with Gasteiger partial charge in [-0.1, -0.05) is 24.3 Å². The van der Waals surface area contributed by atoms with Crippen molar-refractivity contribution in [3.8, 4) is 5.75 Å². The zero-order valence-electron chi connectivity index (χ0n) is 23.8. The number of benzene rings is 3. The van der Waals surface area contributed by atoms with Crippen molar-refractivity contribution in [2.75, 3.05) is 23.5 Å². The van der Waals surface area contributed by atoms with Gasteiger partial charge in [0, 0.05) is 35.2 Å². The first-order valence-corrected chi connectivity index (χ1v) is 13.4. The Morgan fingerprint density at radius 1 is 0.977 bits per heavy atom. The molecule has 1 unspecified atom stereocenters. The van der Waals surface area contributed by atoms with Crippen LogP contribution in [0.3, 0.4) is 0 Å². The van der Waals surface area contributed by atoms with Crippen LogP contribution in [-0.4, -0.2) is 42.7 Å². The maximum Gasteiger partial charge on any atom is 0.336 e. The predicted octanol–water partition coefficient (Wildman–Crippen LogP) is 3.02. The number of anilines is 2. The molecule has 2 heterocycles. The van der Waals surface area contributed by atoms with Crippen LogP contribution in [0.15, 0.2) is 82.0 Å². The van der Waals surface area contributed by atoms with Gasteiger partial charge < -0.3 is 30.4 Å². The van der Waals surface area contributed by atoms with Crippen LogP contribution in [0, 0.1) is 5.92 Å². The quantitative estimate of drug-likeness (QED) is 0.248. The van der Waals surface area contributed by atoms with Crippen molar-refractivity contribution in [2.24, 2.45) is 17.4 Å². The van der Waals surface area contributed by atoms with Gasteiger partial charge in [0.2, 0.25) is 11.8 Å². The molecule has 0 saturated carbocycles. The van der Waals surface area contributed by atoms with E-state index in [-0.39, 0.29) is 30.0 Å². The van der Waals surface area contributed by atoms with E-state index in [2.05, 4.69) is 0 Å². The third-order valence-corrected chi connectivity index (χ3v) is 7.80. The summed E-state index contributed by atoms with van der Waals surface area (Å²) in [6.45, 7) is 2.42. The van der Waals surface area contributed by atoms with Crippen LogP contribution in [-0.2, 0) is 16.1 Å². The smallest absolute Gasteiger partial charge is 0.336 e. The van der Waals surface area contributed by atoms with Gasteiger partial charge in [0.15, 0.2) is 5.78 Å². The SMILES string of the molecule is COc1ccc2c(CN3C(=O)[C@H](C(C)(N)C(N)=O)CN(C(=O)c4ccc(C(C)=O)cc4)c4ccccc43)cc(=O)oc2c1. The molecule has 0 spiro atoms. The Labute approximate surface area is 246 Å². The summed E-state index contributed by atoms with van der Waals surface area (Å²) in [5.41, 5.74) is 11.8. The van der Waals surface area contributed by atoms with E-state index in [0.717, 1.165) is 0 Å². The number of rotatable bonds is 7. The van der Waals surface area contributed by atoms with E-state index in [1.165, 1.54) is 49.0 Å². The summed E-state index contributed by atoms with van der Waals surface area (Å²) in [7, 11) is 1.49. The summed E-state index contributed by atoms with van der Waals surface area (Å²) in [5, 5.41) is 0.565. The number of Topliss-reactive ketones (excluding diaryl/α,β-unsaturated/α-hetero) is 1. The molecule has 4 aromatic rings. The molecule has 1 aromatic heterocycles. The Bertz CT molecular complexity index is 1830. The lowest BCUT2D eigenvalue weighted by atomic mass is 9.84. The molecule has 0 bridgehead atoms. The lowest BCUT2D eigenvalue weighted by Crippen LogP contribution is -2.62. The van der Waals surface area contributed by atoms with E-state index in [0.29, 0.717) is 33.6 Å². The van der Waals surface area contributed by atoms with Crippen molar-refractivity contribution in [1.82, 2.24) is 0 Å². The number of nitrogens with two attached hydrogens (primary N) is 2. The van der Waals surface area contributed by atoms with Crippen LogP contribution in [0.1, 0.15) is 40.1 Å². The number of carbonyl (C=O) groups excluding carboxylic acids is 4. The largest absolute Gasteiger partial charge is 0.497 e. The second kappa shape index (κ2) is 11.2. The molecule has 2 atom stereocenters. The molecule has 43 heavy (non-hydrogen) atoms. The minimum Gasteiger partial charge on any atom is -0.497 e. The van der Waals surface area contributed by atoms with Crippen molar-refractivity contribution in [3.05, 3.63) is 99.9 Å². The number of nitrogens with zero attached hydrogens (tertiary/aromatic N) is 2. The number of fused-ring (bicyclic) bond motifs is 2. The maximum atomic E-state index is 14.4. The zero-order chi connectivity index (χ0) is 31.1. The molecule has 1 aliphatic rings. The number of ether oxygens (including phenoxy) is 1. The van der Waals surface area contributed by atoms with E-state index >= 15 is 0 Å². The lowest BCUT2D eigenvalue weighted by Gasteiger charge is -2.33. The molecule has 0 saturated heterocycles. The number of primary amides is 1. The van der Waals surface area contributed by atoms with E-state index in [9.17, 15) is 24.0 Å². The molecule has 5 rings (SSSR count). The van der Waals surface area contributed by atoms with Crippen LogP contribution in [0.5, 0.6) is 5.75 Å². The molecule has 11 nitrogen and oxygen atoms in total. The molecule has 0 aliphatic carbocycles. The molecular weight excluding hydrogens is 552 g/mol. The molecule has 1 aliphatic heterocycles. The standard InChI is InChI=1S/C32H30N4O7/c1-18(37)19-8-10-20(11-9-19)29(39)36-17-24(32(2,34)31(33)41)30(40)35(25-6-4-5-7-26(25)36)16-21-14-28(38)43-27-15-22(42-3)12-13-23(21)27/h4-15,24H,16-17,34H2,1-3H3,(H2,33,41)/t24-,32?/m1/s1. The van der Waals surface area contributed by atoms with Gasteiger partial charge in [-0.3, -0.25) is 19.2 Å². The third-order valence-electron chi connectivity index (χ3n) is 7.80. The number of ketones is 1. The predicted molar refractivity (Wildman–Crippen MR) is 160 cm³/mol. The molecule has 220 valence electrons. The van der Waals surface area contributed by atoms with E-state index in [1.54, 1.807) is 54.6 Å². The van der Waals surface area contributed by atoms with Crippen LogP contribution in [0.2, 0.25) is 0 Å². The van der Waals surface area contributed by atoms with Crippen molar-refractivity contribution in [2.45, 2.75) is 25.9 Å². The highest BCUT2D eigenvalue weighted by molar-refractivity contribution is 6.13. The van der Waals surface area contributed by atoms with E-state index < -0.39 is 34.8 Å². The number of carbonyl (C=O) groups is 4. The van der Waals surface area contributed by atoms with E-state index in [4.69, 9.17) is 20.6 Å². The minimum absolute atomic E-state index is 0.106. The van der Waals surface area contributed by atoms with Crippen LogP contribution >= 0.6 is 0 Å². The second-order valence-electron chi connectivity index (χ2n) is 10.6. The highest BCUT2D eigenvalue weighted by Crippen LogP contribution is 2.38. The van der Waals surface area contributed by atoms with Gasteiger partial charge in [-0.25, -0.2) is 4.79 Å². The van der Waals surface area contributed by atoms with Gasteiger partial charge in [-0.15, -0.1) is 0 Å². The lowest BCUT2D eigenvalue weighted by molar-refractivity contribution is -0.132. The van der Waals surface area contributed by atoms with Gasteiger partial charge in [-0.05, 0) is 55.8 Å². The Kier molecular flexibility index (Phi) is 7.59. The van der Waals surface area contributed by atoms with Gasteiger partial charge in [-0.2, -0.15) is 0 Å². The number of hydrogen-bond donors (Lipinski definition) is 2. The van der Waals surface area contributed by atoms with Gasteiger partial charge >= 0.3 is 5.63 Å². The highest BCUT2D eigenvalue weighted by Gasteiger charge is 2.47.